The van der Waals surface area contributed by atoms with Gasteiger partial charge in [-0.3, -0.25) is 19.3 Å². The fourth-order valence-corrected chi connectivity index (χ4v) is 2.85. The molecular formula is C18H22N2O5. The topological polar surface area (TPSA) is 87.2 Å². The molecule has 0 saturated heterocycles. The van der Waals surface area contributed by atoms with E-state index in [0.717, 1.165) is 0 Å². The van der Waals surface area contributed by atoms with Gasteiger partial charge in [0.05, 0.1) is 5.70 Å². The van der Waals surface area contributed by atoms with E-state index in [9.17, 15) is 19.5 Å². The highest BCUT2D eigenvalue weighted by molar-refractivity contribution is 5.99. The Bertz CT molecular complexity index is 684. The number of aliphatic carboxylic acids is 1. The van der Waals surface area contributed by atoms with Crippen LogP contribution in [0.25, 0.3) is 5.70 Å². The molecule has 0 unspecified atom stereocenters. The molecule has 1 aliphatic rings. The third kappa shape index (κ3) is 4.06. The van der Waals surface area contributed by atoms with Gasteiger partial charge < -0.3 is 14.7 Å². The molecule has 0 bridgehead atoms. The third-order valence-electron chi connectivity index (χ3n) is 3.92. The zero-order valence-corrected chi connectivity index (χ0v) is 14.5. The Kier molecular flexibility index (Phi) is 5.93. The number of methoxy groups -OCH3 is 1. The van der Waals surface area contributed by atoms with Crippen molar-refractivity contribution in [2.24, 2.45) is 5.92 Å². The molecule has 1 aromatic carbocycles. The summed E-state index contributed by atoms with van der Waals surface area (Å²) in [6.45, 7) is 3.01. The Labute approximate surface area is 146 Å². The molecule has 1 aromatic rings. The van der Waals surface area contributed by atoms with E-state index in [0.29, 0.717) is 11.3 Å². The highest BCUT2D eigenvalue weighted by atomic mass is 16.5. The third-order valence-corrected chi connectivity index (χ3v) is 3.92. The second kappa shape index (κ2) is 7.94. The van der Waals surface area contributed by atoms with Gasteiger partial charge in [0.25, 0.3) is 11.8 Å². The molecular weight excluding hydrogens is 324 g/mol. The van der Waals surface area contributed by atoms with Crippen LogP contribution in [-0.4, -0.2) is 59.0 Å². The monoisotopic (exact) mass is 346 g/mol. The van der Waals surface area contributed by atoms with Crippen molar-refractivity contribution in [2.75, 3.05) is 20.3 Å². The van der Waals surface area contributed by atoms with E-state index in [2.05, 4.69) is 0 Å². The van der Waals surface area contributed by atoms with Crippen molar-refractivity contribution < 1.29 is 24.2 Å². The molecule has 1 heterocycles. The van der Waals surface area contributed by atoms with E-state index in [1.807, 2.05) is 19.9 Å². The van der Waals surface area contributed by atoms with Crippen LogP contribution in [0.15, 0.2) is 36.5 Å². The van der Waals surface area contributed by atoms with Crippen molar-refractivity contribution in [3.05, 3.63) is 42.1 Å². The fraction of sp³-hybridized carbons (Fsp3) is 0.389. The number of amides is 2. The summed E-state index contributed by atoms with van der Waals surface area (Å²) < 4.78 is 4.91. The summed E-state index contributed by atoms with van der Waals surface area (Å²) in [5.74, 6) is -2.06. The zero-order chi connectivity index (χ0) is 18.6. The fourth-order valence-electron chi connectivity index (χ4n) is 2.85. The van der Waals surface area contributed by atoms with E-state index in [1.165, 1.54) is 16.9 Å². The van der Waals surface area contributed by atoms with Crippen LogP contribution in [0, 0.1) is 5.92 Å². The van der Waals surface area contributed by atoms with Crippen LogP contribution >= 0.6 is 0 Å². The highest BCUT2D eigenvalue weighted by Crippen LogP contribution is 2.29. The zero-order valence-electron chi connectivity index (χ0n) is 14.5. The molecule has 25 heavy (non-hydrogen) atoms. The Morgan fingerprint density at radius 1 is 1.24 bits per heavy atom. The number of carboxylic acids is 1. The van der Waals surface area contributed by atoms with Crippen LogP contribution in [0.4, 0.5) is 0 Å². The Morgan fingerprint density at radius 2 is 1.88 bits per heavy atom. The summed E-state index contributed by atoms with van der Waals surface area (Å²) in [6, 6.07) is 8.16. The predicted molar refractivity (Wildman–Crippen MR) is 91.1 cm³/mol. The van der Waals surface area contributed by atoms with Gasteiger partial charge in [-0.25, -0.2) is 0 Å². The minimum Gasteiger partial charge on any atom is -0.480 e. The van der Waals surface area contributed by atoms with Crippen LogP contribution in [0.5, 0.6) is 0 Å². The van der Waals surface area contributed by atoms with Crippen molar-refractivity contribution in [2.45, 2.75) is 19.9 Å². The number of hydrogen-bond acceptors (Lipinski definition) is 4. The van der Waals surface area contributed by atoms with Crippen molar-refractivity contribution in [3.8, 4) is 0 Å². The predicted octanol–water partition coefficient (Wildman–Crippen LogP) is 1.41. The maximum atomic E-state index is 13.0. The molecule has 7 heteroatoms. The van der Waals surface area contributed by atoms with Crippen molar-refractivity contribution in [1.82, 2.24) is 9.80 Å². The Hall–Kier alpha value is -2.67. The average molecular weight is 346 g/mol. The van der Waals surface area contributed by atoms with Crippen molar-refractivity contribution in [3.63, 3.8) is 0 Å². The number of carboxylic acid groups (broad SMARTS) is 1. The van der Waals surface area contributed by atoms with E-state index in [4.69, 9.17) is 4.74 Å². The van der Waals surface area contributed by atoms with Gasteiger partial charge in [0.2, 0.25) is 0 Å². The van der Waals surface area contributed by atoms with Gasteiger partial charge >= 0.3 is 5.97 Å². The molecule has 0 radical (unpaired) electrons. The standard InChI is InChI=1S/C18H22N2O5/c1-12(2)17-18(24)19(10-16(22)23)14(13-7-5-4-6-8-13)9-20(17)15(21)11-25-3/h4-9,12,17H,10-11H2,1-3H3,(H,22,23)/t17-/m1/s1. The first-order chi connectivity index (χ1) is 11.9. The summed E-state index contributed by atoms with van der Waals surface area (Å²) in [4.78, 5) is 39.3. The molecule has 134 valence electrons. The molecule has 1 aliphatic heterocycles. The Balaban J connectivity index is 2.56. The lowest BCUT2D eigenvalue weighted by molar-refractivity contribution is -0.149. The lowest BCUT2D eigenvalue weighted by atomic mass is 9.97. The summed E-state index contributed by atoms with van der Waals surface area (Å²) in [7, 11) is 1.41. The summed E-state index contributed by atoms with van der Waals surface area (Å²) in [5.41, 5.74) is 1.05. The lowest BCUT2D eigenvalue weighted by Crippen LogP contribution is -2.56. The molecule has 1 N–H and O–H groups in total. The van der Waals surface area contributed by atoms with Gasteiger partial charge in [0, 0.05) is 13.3 Å². The molecule has 2 rings (SSSR count). The molecule has 0 aliphatic carbocycles. The normalized spacial score (nSPS) is 17.7. The lowest BCUT2D eigenvalue weighted by Gasteiger charge is -2.40. The highest BCUT2D eigenvalue weighted by Gasteiger charge is 2.40. The van der Waals surface area contributed by atoms with Crippen LogP contribution in [0.1, 0.15) is 19.4 Å². The molecule has 1 atom stereocenters. The minimum atomic E-state index is -1.12. The smallest absolute Gasteiger partial charge is 0.323 e. The maximum Gasteiger partial charge on any atom is 0.323 e. The van der Waals surface area contributed by atoms with E-state index < -0.39 is 24.5 Å². The second-order valence-electron chi connectivity index (χ2n) is 6.12. The number of nitrogens with zero attached hydrogens (tertiary/aromatic N) is 2. The van der Waals surface area contributed by atoms with Gasteiger partial charge in [-0.2, -0.15) is 0 Å². The second-order valence-corrected chi connectivity index (χ2v) is 6.12. The van der Waals surface area contributed by atoms with Gasteiger partial charge in [0.15, 0.2) is 0 Å². The molecule has 0 aromatic heterocycles. The first kappa shape index (κ1) is 18.7. The van der Waals surface area contributed by atoms with Crippen LogP contribution in [-0.2, 0) is 19.1 Å². The number of benzene rings is 1. The number of rotatable bonds is 6. The van der Waals surface area contributed by atoms with Crippen LogP contribution in [0.2, 0.25) is 0 Å². The minimum absolute atomic E-state index is 0.159. The van der Waals surface area contributed by atoms with E-state index in [-0.39, 0.29) is 18.4 Å². The number of carbonyl (C=O) groups is 3. The molecule has 0 fully saturated rings. The van der Waals surface area contributed by atoms with E-state index >= 15 is 0 Å². The summed E-state index contributed by atoms with van der Waals surface area (Å²) >= 11 is 0. The number of carbonyl (C=O) groups excluding carboxylic acids is 2. The molecule has 0 spiro atoms. The molecule has 7 nitrogen and oxygen atoms in total. The first-order valence-corrected chi connectivity index (χ1v) is 7.97. The SMILES string of the molecule is COCC(=O)N1C=C(c2ccccc2)N(CC(=O)O)C(=O)[C@H]1C(C)C. The summed E-state index contributed by atoms with van der Waals surface area (Å²) in [5, 5.41) is 9.21. The molecule has 2 amide bonds. The first-order valence-electron chi connectivity index (χ1n) is 7.97. The van der Waals surface area contributed by atoms with E-state index in [1.54, 1.807) is 30.5 Å². The van der Waals surface area contributed by atoms with Crippen molar-refractivity contribution in [1.29, 1.82) is 0 Å². The molecule has 0 saturated carbocycles. The largest absolute Gasteiger partial charge is 0.480 e. The van der Waals surface area contributed by atoms with Gasteiger partial charge in [0.1, 0.15) is 19.2 Å². The van der Waals surface area contributed by atoms with Gasteiger partial charge in [-0.05, 0) is 11.5 Å². The quantitative estimate of drug-likeness (QED) is 0.841. The number of hydrogen-bond donors (Lipinski definition) is 1. The van der Waals surface area contributed by atoms with Gasteiger partial charge in [-0.1, -0.05) is 44.2 Å². The van der Waals surface area contributed by atoms with Crippen LogP contribution in [0.3, 0.4) is 0 Å². The summed E-state index contributed by atoms with van der Waals surface area (Å²) in [6.07, 6.45) is 1.55. The maximum absolute atomic E-state index is 13.0. The van der Waals surface area contributed by atoms with Crippen LogP contribution < -0.4 is 0 Å². The van der Waals surface area contributed by atoms with Crippen molar-refractivity contribution >= 4 is 23.5 Å². The average Bonchev–Trinajstić information content (AvgIpc) is 2.56. The number of ether oxygens (including phenoxy) is 1. The Morgan fingerprint density at radius 3 is 2.40 bits per heavy atom. The van der Waals surface area contributed by atoms with Gasteiger partial charge in [-0.15, -0.1) is 0 Å².